The number of nitrogens with zero attached hydrogens (tertiary/aromatic N) is 1. The van der Waals surface area contributed by atoms with E-state index in [1.165, 1.54) is 0 Å². The lowest BCUT2D eigenvalue weighted by Gasteiger charge is -2.32. The number of benzene rings is 1. The van der Waals surface area contributed by atoms with Gasteiger partial charge in [-0.05, 0) is 62.8 Å². The molecule has 1 aromatic carbocycles. The molecule has 0 radical (unpaired) electrons. The summed E-state index contributed by atoms with van der Waals surface area (Å²) in [4.78, 5) is 26.8. The molecule has 1 saturated carbocycles. The van der Waals surface area contributed by atoms with E-state index in [9.17, 15) is 9.59 Å². The van der Waals surface area contributed by atoms with Crippen LogP contribution in [0, 0.1) is 18.8 Å². The topological polar surface area (TPSA) is 67.9 Å². The zero-order valence-corrected chi connectivity index (χ0v) is 16.7. The summed E-state index contributed by atoms with van der Waals surface area (Å²) >= 11 is 0. The summed E-state index contributed by atoms with van der Waals surface area (Å²) in [6, 6.07) is 3.73. The predicted molar refractivity (Wildman–Crippen MR) is 103 cm³/mol. The summed E-state index contributed by atoms with van der Waals surface area (Å²) in [7, 11) is 3.22. The van der Waals surface area contributed by atoms with E-state index in [2.05, 4.69) is 5.32 Å². The SMILES string of the molecule is COc1cc(C)c(C(C)NC(=O)C2CCN(C(=O)C3CC3)CC2)cc1OC. The Labute approximate surface area is 161 Å². The van der Waals surface area contributed by atoms with Crippen LogP contribution in [-0.2, 0) is 9.59 Å². The van der Waals surface area contributed by atoms with Gasteiger partial charge in [0.2, 0.25) is 11.8 Å². The van der Waals surface area contributed by atoms with Gasteiger partial charge < -0.3 is 19.7 Å². The molecular formula is C21H30N2O4. The van der Waals surface area contributed by atoms with Crippen LogP contribution in [0.3, 0.4) is 0 Å². The first-order valence-corrected chi connectivity index (χ1v) is 9.76. The van der Waals surface area contributed by atoms with E-state index in [-0.39, 0.29) is 29.7 Å². The number of hydrogen-bond acceptors (Lipinski definition) is 4. The lowest BCUT2D eigenvalue weighted by atomic mass is 9.94. The minimum Gasteiger partial charge on any atom is -0.493 e. The molecule has 2 aliphatic rings. The molecule has 1 atom stereocenters. The van der Waals surface area contributed by atoms with Crippen molar-refractivity contribution in [2.24, 2.45) is 11.8 Å². The maximum atomic E-state index is 12.7. The Bertz CT molecular complexity index is 706. The van der Waals surface area contributed by atoms with E-state index in [0.29, 0.717) is 24.6 Å². The molecule has 2 amide bonds. The van der Waals surface area contributed by atoms with Gasteiger partial charge in [0.15, 0.2) is 11.5 Å². The van der Waals surface area contributed by atoms with Crippen LogP contribution >= 0.6 is 0 Å². The maximum Gasteiger partial charge on any atom is 0.225 e. The highest BCUT2D eigenvalue weighted by Gasteiger charge is 2.36. The minimum absolute atomic E-state index is 0.0313. The fraction of sp³-hybridized carbons (Fsp3) is 0.619. The number of carbonyl (C=O) groups excluding carboxylic acids is 2. The van der Waals surface area contributed by atoms with Crippen molar-refractivity contribution in [2.75, 3.05) is 27.3 Å². The number of rotatable bonds is 6. The summed E-state index contributed by atoms with van der Waals surface area (Å²) in [5, 5.41) is 3.14. The van der Waals surface area contributed by atoms with E-state index in [0.717, 1.165) is 36.8 Å². The number of methoxy groups -OCH3 is 2. The third kappa shape index (κ3) is 4.37. The number of hydrogen-bond donors (Lipinski definition) is 1. The molecule has 0 bridgehead atoms. The molecule has 1 aliphatic carbocycles. The molecule has 27 heavy (non-hydrogen) atoms. The number of likely N-dealkylation sites (tertiary alicyclic amines) is 1. The number of carbonyl (C=O) groups is 2. The Kier molecular flexibility index (Phi) is 5.92. The molecule has 0 spiro atoms. The second kappa shape index (κ2) is 8.19. The van der Waals surface area contributed by atoms with Crippen LogP contribution in [-0.4, -0.2) is 44.0 Å². The Morgan fingerprint density at radius 3 is 2.19 bits per heavy atom. The molecule has 1 unspecified atom stereocenters. The molecule has 0 aromatic heterocycles. The number of aryl methyl sites for hydroxylation is 1. The Balaban J connectivity index is 1.58. The van der Waals surface area contributed by atoms with Crippen molar-refractivity contribution in [1.29, 1.82) is 0 Å². The summed E-state index contributed by atoms with van der Waals surface area (Å²) in [5.41, 5.74) is 2.06. The molecular weight excluding hydrogens is 344 g/mol. The highest BCUT2D eigenvalue weighted by molar-refractivity contribution is 5.82. The lowest BCUT2D eigenvalue weighted by molar-refractivity contribution is -0.136. The standard InChI is InChI=1S/C21H30N2O4/c1-13-11-18(26-3)19(27-4)12-17(13)14(2)22-20(24)15-7-9-23(10-8-15)21(25)16-5-6-16/h11-12,14-16H,5-10H2,1-4H3,(H,22,24). The van der Waals surface area contributed by atoms with E-state index in [1.54, 1.807) is 14.2 Å². The van der Waals surface area contributed by atoms with Crippen molar-refractivity contribution in [3.8, 4) is 11.5 Å². The van der Waals surface area contributed by atoms with Gasteiger partial charge >= 0.3 is 0 Å². The fourth-order valence-corrected chi connectivity index (χ4v) is 3.82. The van der Waals surface area contributed by atoms with Crippen LogP contribution < -0.4 is 14.8 Å². The number of nitrogens with one attached hydrogen (secondary N) is 1. The molecule has 1 N–H and O–H groups in total. The van der Waals surface area contributed by atoms with Gasteiger partial charge in [0.1, 0.15) is 0 Å². The number of amides is 2. The molecule has 1 heterocycles. The van der Waals surface area contributed by atoms with Gasteiger partial charge in [-0.1, -0.05) is 0 Å². The highest BCUT2D eigenvalue weighted by atomic mass is 16.5. The molecule has 2 fully saturated rings. The summed E-state index contributed by atoms with van der Waals surface area (Å²) in [6.45, 7) is 5.37. The van der Waals surface area contributed by atoms with Crippen molar-refractivity contribution in [2.45, 2.75) is 45.6 Å². The summed E-state index contributed by atoms with van der Waals surface area (Å²) < 4.78 is 10.7. The van der Waals surface area contributed by atoms with Crippen molar-refractivity contribution in [1.82, 2.24) is 10.2 Å². The maximum absolute atomic E-state index is 12.7. The molecule has 6 nitrogen and oxygen atoms in total. The van der Waals surface area contributed by atoms with E-state index >= 15 is 0 Å². The quantitative estimate of drug-likeness (QED) is 0.831. The van der Waals surface area contributed by atoms with Crippen LogP contribution in [0.2, 0.25) is 0 Å². The predicted octanol–water partition coefficient (Wildman–Crippen LogP) is 2.84. The van der Waals surface area contributed by atoms with Gasteiger partial charge in [0, 0.05) is 24.9 Å². The number of ether oxygens (including phenoxy) is 2. The highest BCUT2D eigenvalue weighted by Crippen LogP contribution is 2.34. The molecule has 1 aromatic rings. The third-order valence-corrected chi connectivity index (χ3v) is 5.70. The largest absolute Gasteiger partial charge is 0.493 e. The molecule has 3 rings (SSSR count). The monoisotopic (exact) mass is 374 g/mol. The Hall–Kier alpha value is -2.24. The first-order chi connectivity index (χ1) is 12.9. The van der Waals surface area contributed by atoms with Crippen molar-refractivity contribution in [3.05, 3.63) is 23.3 Å². The van der Waals surface area contributed by atoms with Gasteiger partial charge in [-0.25, -0.2) is 0 Å². The van der Waals surface area contributed by atoms with E-state index in [1.807, 2.05) is 30.9 Å². The average molecular weight is 374 g/mol. The first kappa shape index (κ1) is 19.5. The van der Waals surface area contributed by atoms with E-state index in [4.69, 9.17) is 9.47 Å². The van der Waals surface area contributed by atoms with Gasteiger partial charge in [0.25, 0.3) is 0 Å². The van der Waals surface area contributed by atoms with Gasteiger partial charge in [0.05, 0.1) is 20.3 Å². The summed E-state index contributed by atoms with van der Waals surface area (Å²) in [6.07, 6.45) is 3.53. The van der Waals surface area contributed by atoms with Crippen LogP contribution in [0.4, 0.5) is 0 Å². The van der Waals surface area contributed by atoms with Crippen LogP contribution in [0.15, 0.2) is 12.1 Å². The van der Waals surface area contributed by atoms with Gasteiger partial charge in [-0.15, -0.1) is 0 Å². The molecule has 1 aliphatic heterocycles. The summed E-state index contributed by atoms with van der Waals surface area (Å²) in [5.74, 6) is 1.91. The smallest absolute Gasteiger partial charge is 0.225 e. The zero-order valence-electron chi connectivity index (χ0n) is 16.7. The molecule has 148 valence electrons. The Morgan fingerprint density at radius 2 is 1.63 bits per heavy atom. The van der Waals surface area contributed by atoms with Crippen molar-refractivity contribution < 1.29 is 19.1 Å². The fourth-order valence-electron chi connectivity index (χ4n) is 3.82. The van der Waals surface area contributed by atoms with Crippen LogP contribution in [0.1, 0.15) is 49.8 Å². The minimum atomic E-state index is -0.122. The first-order valence-electron chi connectivity index (χ1n) is 9.76. The van der Waals surface area contributed by atoms with Crippen LogP contribution in [0.25, 0.3) is 0 Å². The zero-order chi connectivity index (χ0) is 19.6. The molecule has 6 heteroatoms. The third-order valence-electron chi connectivity index (χ3n) is 5.70. The second-order valence-corrected chi connectivity index (χ2v) is 7.67. The Morgan fingerprint density at radius 1 is 1.04 bits per heavy atom. The van der Waals surface area contributed by atoms with Gasteiger partial charge in [-0.3, -0.25) is 9.59 Å². The van der Waals surface area contributed by atoms with Crippen molar-refractivity contribution >= 4 is 11.8 Å². The molecule has 1 saturated heterocycles. The second-order valence-electron chi connectivity index (χ2n) is 7.67. The van der Waals surface area contributed by atoms with Crippen LogP contribution in [0.5, 0.6) is 11.5 Å². The van der Waals surface area contributed by atoms with E-state index < -0.39 is 0 Å². The van der Waals surface area contributed by atoms with Crippen molar-refractivity contribution in [3.63, 3.8) is 0 Å². The lowest BCUT2D eigenvalue weighted by Crippen LogP contribution is -2.44. The normalized spacial score (nSPS) is 18.7. The van der Waals surface area contributed by atoms with Gasteiger partial charge in [-0.2, -0.15) is 0 Å². The average Bonchev–Trinajstić information content (AvgIpc) is 3.52. The number of piperidine rings is 1.